The molecule has 0 spiro atoms. The van der Waals surface area contributed by atoms with Gasteiger partial charge >= 0.3 is 11.9 Å². The van der Waals surface area contributed by atoms with Crippen LogP contribution in [0.2, 0.25) is 0 Å². The maximum atomic E-state index is 10.9. The normalized spacial score (nSPS) is 13.4. The Morgan fingerprint density at radius 2 is 0.886 bits per heavy atom. The number of carboxylic acids is 2. The molecule has 256 valence electrons. The van der Waals surface area contributed by atoms with Crippen LogP contribution in [0, 0.1) is 0 Å². The number of rotatable bonds is 34. The Morgan fingerprint density at radius 3 is 1.25 bits per heavy atom. The molecule has 44 heavy (non-hydrogen) atoms. The molecule has 0 aromatic heterocycles. The lowest BCUT2D eigenvalue weighted by Crippen LogP contribution is -2.28. The highest BCUT2D eigenvalue weighted by atomic mass is 16.6. The van der Waals surface area contributed by atoms with Gasteiger partial charge in [-0.1, -0.05) is 76.0 Å². The highest BCUT2D eigenvalue weighted by Gasteiger charge is 2.13. The fourth-order valence-corrected chi connectivity index (χ4v) is 3.87. The Kier molecular flexibility index (Phi) is 32.2. The molecule has 0 heterocycles. The van der Waals surface area contributed by atoms with E-state index in [1.807, 2.05) is 0 Å². The molecule has 0 amide bonds. The number of carbonyl (C=O) groups is 2. The third kappa shape index (κ3) is 32.8. The van der Waals surface area contributed by atoms with Gasteiger partial charge in [-0.15, -0.1) is 0 Å². The van der Waals surface area contributed by atoms with E-state index in [1.54, 1.807) is 12.2 Å². The molecule has 2 atom stereocenters. The van der Waals surface area contributed by atoms with E-state index in [0.717, 1.165) is 38.5 Å². The van der Waals surface area contributed by atoms with Gasteiger partial charge in [-0.05, 0) is 51.4 Å². The monoisotopic (exact) mass is 628 g/mol. The van der Waals surface area contributed by atoms with Crippen molar-refractivity contribution in [2.24, 2.45) is 0 Å². The Hall–Kier alpha value is -2.08. The number of allylic oxidation sites excluding steroid dienone is 4. The molecule has 2 unspecified atom stereocenters. The fourth-order valence-electron chi connectivity index (χ4n) is 3.87. The molecule has 0 aliphatic heterocycles. The minimum absolute atomic E-state index is 0.201. The molecule has 2 N–H and O–H groups in total. The molecule has 0 fully saturated rings. The summed E-state index contributed by atoms with van der Waals surface area (Å²) in [7, 11) is 0. The van der Waals surface area contributed by atoms with Gasteiger partial charge in [0.1, 0.15) is 25.4 Å². The van der Waals surface area contributed by atoms with Gasteiger partial charge in [0.05, 0.1) is 39.6 Å². The molecular formula is C34H60O10. The highest BCUT2D eigenvalue weighted by Crippen LogP contribution is 2.04. The fraction of sp³-hybridized carbons (Fsp3) is 0.765. The van der Waals surface area contributed by atoms with Crippen LogP contribution in [0.15, 0.2) is 36.5 Å². The van der Waals surface area contributed by atoms with Gasteiger partial charge in [0.2, 0.25) is 0 Å². The van der Waals surface area contributed by atoms with Crippen LogP contribution in [0.4, 0.5) is 0 Å². The number of hydrogen-bond donors (Lipinski definition) is 2. The molecule has 0 bridgehead atoms. The van der Waals surface area contributed by atoms with E-state index in [4.69, 9.17) is 38.6 Å². The molecule has 0 aromatic carbocycles. The van der Waals surface area contributed by atoms with E-state index in [2.05, 4.69) is 38.2 Å². The van der Waals surface area contributed by atoms with Crippen LogP contribution in [0.1, 0.15) is 90.9 Å². The van der Waals surface area contributed by atoms with Crippen LogP contribution < -0.4 is 0 Å². The van der Waals surface area contributed by atoms with Gasteiger partial charge in [0.25, 0.3) is 0 Å². The van der Waals surface area contributed by atoms with Gasteiger partial charge in [-0.25, -0.2) is 9.59 Å². The van der Waals surface area contributed by atoms with Crippen LogP contribution >= 0.6 is 0 Å². The van der Waals surface area contributed by atoms with Crippen molar-refractivity contribution in [1.29, 1.82) is 0 Å². The van der Waals surface area contributed by atoms with E-state index >= 15 is 0 Å². The van der Waals surface area contributed by atoms with Gasteiger partial charge in [0, 0.05) is 13.2 Å². The van der Waals surface area contributed by atoms with E-state index in [9.17, 15) is 9.59 Å². The second-order valence-electron chi connectivity index (χ2n) is 10.6. The molecule has 0 saturated heterocycles. The van der Waals surface area contributed by atoms with Crippen LogP contribution in [0.25, 0.3) is 0 Å². The molecule has 0 radical (unpaired) electrons. The second kappa shape index (κ2) is 33.8. The Morgan fingerprint density at radius 1 is 0.523 bits per heavy atom. The summed E-state index contributed by atoms with van der Waals surface area (Å²) in [6, 6.07) is 0. The first-order valence-corrected chi connectivity index (χ1v) is 16.4. The second-order valence-corrected chi connectivity index (χ2v) is 10.6. The summed E-state index contributed by atoms with van der Waals surface area (Å²) in [5.41, 5.74) is 0. The first kappa shape index (κ1) is 41.9. The quantitative estimate of drug-likeness (QED) is 0.0611. The Bertz CT molecular complexity index is 678. The predicted molar refractivity (Wildman–Crippen MR) is 172 cm³/mol. The SMILES string of the molecule is CCCCC/C=C\CCCOCC(COC/C=C\COCC(COCCC/C=C\CCCCC)OCC(=O)O)OCC(=O)O. The van der Waals surface area contributed by atoms with Crippen LogP contribution in [0.5, 0.6) is 0 Å². The zero-order valence-corrected chi connectivity index (χ0v) is 27.3. The highest BCUT2D eigenvalue weighted by molar-refractivity contribution is 5.68. The number of aliphatic carboxylic acids is 2. The molecule has 0 saturated carbocycles. The number of hydrogen-bond acceptors (Lipinski definition) is 8. The summed E-state index contributed by atoms with van der Waals surface area (Å²) in [5, 5.41) is 17.9. The molecular weight excluding hydrogens is 568 g/mol. The van der Waals surface area contributed by atoms with Gasteiger partial charge in [0.15, 0.2) is 0 Å². The molecule has 0 rings (SSSR count). The molecule has 10 nitrogen and oxygen atoms in total. The minimum Gasteiger partial charge on any atom is -0.480 e. The Balaban J connectivity index is 4.15. The predicted octanol–water partition coefficient (Wildman–Crippen LogP) is 6.38. The standard InChI is InChI=1S/C34H60O10/c1-3-5-7-9-11-13-15-17-21-39-25-31(43-29-33(35)36)27-41-23-19-20-24-42-28-32(44-30-34(37)38)26-40-22-18-16-14-12-10-8-6-4-2/h11-14,19-20,31-32H,3-10,15-18,21-30H2,1-2H3,(H,35,36)(H,37,38)/b13-11-,14-12-,20-19-. The number of ether oxygens (including phenoxy) is 6. The summed E-state index contributed by atoms with van der Waals surface area (Å²) in [6.45, 7) is 6.24. The van der Waals surface area contributed by atoms with Crippen molar-refractivity contribution in [1.82, 2.24) is 0 Å². The average molecular weight is 629 g/mol. The zero-order valence-electron chi connectivity index (χ0n) is 27.3. The van der Waals surface area contributed by atoms with Crippen molar-refractivity contribution in [2.45, 2.75) is 103 Å². The van der Waals surface area contributed by atoms with Crippen molar-refractivity contribution >= 4 is 11.9 Å². The average Bonchev–Trinajstić information content (AvgIpc) is 3.00. The molecule has 10 heteroatoms. The summed E-state index contributed by atoms with van der Waals surface area (Å²) >= 11 is 0. The maximum absolute atomic E-state index is 10.9. The van der Waals surface area contributed by atoms with Gasteiger partial charge < -0.3 is 38.6 Å². The van der Waals surface area contributed by atoms with Crippen molar-refractivity contribution in [3.8, 4) is 0 Å². The Labute approximate surface area is 265 Å². The summed E-state index contributed by atoms with van der Waals surface area (Å²) in [4.78, 5) is 21.8. The van der Waals surface area contributed by atoms with Crippen molar-refractivity contribution in [2.75, 3.05) is 66.1 Å². The largest absolute Gasteiger partial charge is 0.480 e. The van der Waals surface area contributed by atoms with Crippen molar-refractivity contribution in [3.05, 3.63) is 36.5 Å². The lowest BCUT2D eigenvalue weighted by Gasteiger charge is -2.17. The summed E-state index contributed by atoms with van der Waals surface area (Å²) in [6.07, 6.45) is 24.8. The lowest BCUT2D eigenvalue weighted by atomic mass is 10.2. The van der Waals surface area contributed by atoms with Crippen LogP contribution in [0.3, 0.4) is 0 Å². The topological polar surface area (TPSA) is 130 Å². The van der Waals surface area contributed by atoms with Crippen LogP contribution in [-0.4, -0.2) is 100 Å². The van der Waals surface area contributed by atoms with Crippen molar-refractivity contribution < 1.29 is 48.2 Å². The minimum atomic E-state index is -1.04. The maximum Gasteiger partial charge on any atom is 0.329 e. The third-order valence-electron chi connectivity index (χ3n) is 6.30. The number of carboxylic acid groups (broad SMARTS) is 2. The van der Waals surface area contributed by atoms with E-state index in [0.29, 0.717) is 26.4 Å². The van der Waals surface area contributed by atoms with E-state index in [-0.39, 0.29) is 26.4 Å². The van der Waals surface area contributed by atoms with Crippen LogP contribution in [-0.2, 0) is 38.0 Å². The first-order valence-electron chi connectivity index (χ1n) is 16.4. The van der Waals surface area contributed by atoms with E-state index in [1.165, 1.54) is 38.5 Å². The van der Waals surface area contributed by atoms with Crippen molar-refractivity contribution in [3.63, 3.8) is 0 Å². The molecule has 0 aliphatic carbocycles. The zero-order chi connectivity index (χ0) is 32.4. The van der Waals surface area contributed by atoms with Gasteiger partial charge in [-0.2, -0.15) is 0 Å². The summed E-state index contributed by atoms with van der Waals surface area (Å²) in [5.74, 6) is -2.08. The van der Waals surface area contributed by atoms with Gasteiger partial charge in [-0.3, -0.25) is 0 Å². The smallest absolute Gasteiger partial charge is 0.329 e. The molecule has 0 aliphatic rings. The summed E-state index contributed by atoms with van der Waals surface area (Å²) < 4.78 is 33.4. The first-order chi connectivity index (χ1) is 21.5. The number of unbranched alkanes of at least 4 members (excludes halogenated alkanes) is 8. The molecule has 0 aromatic rings. The lowest BCUT2D eigenvalue weighted by molar-refractivity contribution is -0.148. The third-order valence-corrected chi connectivity index (χ3v) is 6.30. The van der Waals surface area contributed by atoms with E-state index < -0.39 is 37.4 Å².